The molecule has 0 bridgehead atoms. The number of amides is 1. The van der Waals surface area contributed by atoms with E-state index < -0.39 is 11.0 Å². The maximum atomic E-state index is 11.8. The van der Waals surface area contributed by atoms with Gasteiger partial charge in [-0.1, -0.05) is 34.6 Å². The summed E-state index contributed by atoms with van der Waals surface area (Å²) in [5, 5.41) is 2.79. The zero-order valence-electron chi connectivity index (χ0n) is 10.9. The Kier molecular flexibility index (Phi) is 4.08. The Bertz CT molecular complexity index is 259. The maximum absolute atomic E-state index is 11.8. The third kappa shape index (κ3) is 4.02. The number of rotatable bonds is 3. The average Bonchev–Trinajstić information content (AvgIpc) is 2.00. The van der Waals surface area contributed by atoms with E-state index >= 15 is 0 Å². The number of carbonyl (C=O) groups is 2. The number of hydrogen-bond donors (Lipinski definition) is 1. The lowest BCUT2D eigenvalue weighted by Crippen LogP contribution is -2.54. The first-order valence-corrected chi connectivity index (χ1v) is 5.35. The van der Waals surface area contributed by atoms with Gasteiger partial charge in [-0.25, -0.2) is 0 Å². The first-order valence-electron chi connectivity index (χ1n) is 5.35. The van der Waals surface area contributed by atoms with Crippen molar-refractivity contribution in [3.05, 3.63) is 0 Å². The molecule has 0 saturated heterocycles. The molecular formula is C12H23NO2. The van der Waals surface area contributed by atoms with E-state index in [-0.39, 0.29) is 17.6 Å². The van der Waals surface area contributed by atoms with Crippen LogP contribution in [0.1, 0.15) is 48.5 Å². The van der Waals surface area contributed by atoms with Crippen LogP contribution in [0.3, 0.4) is 0 Å². The van der Waals surface area contributed by atoms with Gasteiger partial charge in [0, 0.05) is 11.3 Å². The van der Waals surface area contributed by atoms with Gasteiger partial charge in [0.15, 0.2) is 5.78 Å². The average molecular weight is 213 g/mol. The third-order valence-corrected chi connectivity index (χ3v) is 2.25. The lowest BCUT2D eigenvalue weighted by molar-refractivity contribution is -0.136. The lowest BCUT2D eigenvalue weighted by Gasteiger charge is -2.30. The van der Waals surface area contributed by atoms with Crippen LogP contribution in [0.2, 0.25) is 0 Å². The van der Waals surface area contributed by atoms with E-state index in [1.807, 2.05) is 34.6 Å². The Morgan fingerprint density at radius 2 is 1.40 bits per heavy atom. The van der Waals surface area contributed by atoms with E-state index in [0.717, 1.165) is 0 Å². The summed E-state index contributed by atoms with van der Waals surface area (Å²) >= 11 is 0. The fourth-order valence-electron chi connectivity index (χ4n) is 1.25. The lowest BCUT2D eigenvalue weighted by atomic mass is 9.88. The molecule has 1 N–H and O–H groups in total. The van der Waals surface area contributed by atoms with E-state index in [1.54, 1.807) is 13.8 Å². The van der Waals surface area contributed by atoms with Crippen LogP contribution >= 0.6 is 0 Å². The molecule has 3 nitrogen and oxygen atoms in total. The summed E-state index contributed by atoms with van der Waals surface area (Å²) in [6.45, 7) is 12.7. The van der Waals surface area contributed by atoms with Crippen LogP contribution in [0, 0.1) is 11.3 Å². The van der Waals surface area contributed by atoms with Crippen molar-refractivity contribution in [2.45, 2.75) is 54.0 Å². The first kappa shape index (κ1) is 14.1. The van der Waals surface area contributed by atoms with Gasteiger partial charge in [-0.05, 0) is 13.8 Å². The molecule has 0 aliphatic carbocycles. The predicted molar refractivity (Wildman–Crippen MR) is 61.5 cm³/mol. The topological polar surface area (TPSA) is 46.2 Å². The highest BCUT2D eigenvalue weighted by Gasteiger charge is 2.34. The summed E-state index contributed by atoms with van der Waals surface area (Å²) < 4.78 is 0. The van der Waals surface area contributed by atoms with Gasteiger partial charge in [0.25, 0.3) is 0 Å². The number of ketones is 1. The SMILES string of the molecule is CC(C)C(=O)C(C)(C)NC(=O)C(C)(C)C. The maximum Gasteiger partial charge on any atom is 0.226 e. The van der Waals surface area contributed by atoms with Crippen molar-refractivity contribution in [1.82, 2.24) is 5.32 Å². The highest BCUT2D eigenvalue weighted by molar-refractivity contribution is 5.94. The van der Waals surface area contributed by atoms with Crippen LogP contribution in [-0.2, 0) is 9.59 Å². The van der Waals surface area contributed by atoms with Crippen molar-refractivity contribution in [2.24, 2.45) is 11.3 Å². The zero-order valence-corrected chi connectivity index (χ0v) is 10.9. The van der Waals surface area contributed by atoms with Crippen LogP contribution in [0.5, 0.6) is 0 Å². The minimum Gasteiger partial charge on any atom is -0.344 e. The highest BCUT2D eigenvalue weighted by atomic mass is 16.2. The molecular weight excluding hydrogens is 190 g/mol. The zero-order chi connectivity index (χ0) is 12.4. The second kappa shape index (κ2) is 4.33. The summed E-state index contributed by atoms with van der Waals surface area (Å²) in [6.07, 6.45) is 0. The molecule has 0 aliphatic heterocycles. The van der Waals surface area contributed by atoms with E-state index in [1.165, 1.54) is 0 Å². The van der Waals surface area contributed by atoms with Crippen molar-refractivity contribution in [3.63, 3.8) is 0 Å². The Hall–Kier alpha value is -0.860. The minimum absolute atomic E-state index is 0.0556. The third-order valence-electron chi connectivity index (χ3n) is 2.25. The standard InChI is InChI=1S/C12H23NO2/c1-8(2)9(14)12(6,7)13-10(15)11(3,4)5/h8H,1-7H3,(H,13,15). The second-order valence-corrected chi connectivity index (χ2v) is 5.85. The smallest absolute Gasteiger partial charge is 0.226 e. The molecule has 0 unspecified atom stereocenters. The molecule has 0 aromatic heterocycles. The van der Waals surface area contributed by atoms with Crippen molar-refractivity contribution in [3.8, 4) is 0 Å². The van der Waals surface area contributed by atoms with Gasteiger partial charge < -0.3 is 5.32 Å². The fourth-order valence-corrected chi connectivity index (χ4v) is 1.25. The summed E-state index contributed by atoms with van der Waals surface area (Å²) in [6, 6.07) is 0. The molecule has 0 aromatic rings. The molecule has 0 saturated carbocycles. The summed E-state index contributed by atoms with van der Waals surface area (Å²) in [5.41, 5.74) is -1.24. The fraction of sp³-hybridized carbons (Fsp3) is 0.833. The molecule has 1 amide bonds. The minimum atomic E-state index is -0.779. The van der Waals surface area contributed by atoms with Gasteiger partial charge in [-0.2, -0.15) is 0 Å². The van der Waals surface area contributed by atoms with Gasteiger partial charge in [-0.3, -0.25) is 9.59 Å². The number of hydrogen-bond acceptors (Lipinski definition) is 2. The van der Waals surface area contributed by atoms with Crippen LogP contribution in [-0.4, -0.2) is 17.2 Å². The quantitative estimate of drug-likeness (QED) is 0.780. The molecule has 15 heavy (non-hydrogen) atoms. The molecule has 3 heteroatoms. The van der Waals surface area contributed by atoms with Crippen LogP contribution in [0.25, 0.3) is 0 Å². The van der Waals surface area contributed by atoms with Gasteiger partial charge in [0.2, 0.25) is 5.91 Å². The van der Waals surface area contributed by atoms with Crippen LogP contribution in [0.4, 0.5) is 0 Å². The number of carbonyl (C=O) groups excluding carboxylic acids is 2. The van der Waals surface area contributed by atoms with E-state index in [4.69, 9.17) is 0 Å². The molecule has 0 atom stereocenters. The van der Waals surface area contributed by atoms with Crippen molar-refractivity contribution in [1.29, 1.82) is 0 Å². The molecule has 0 aromatic carbocycles. The van der Waals surface area contributed by atoms with Crippen LogP contribution in [0.15, 0.2) is 0 Å². The number of Topliss-reactive ketones (excluding diaryl/α,β-unsaturated/α-hetero) is 1. The predicted octanol–water partition coefficient (Wildman–Crippen LogP) is 2.15. The van der Waals surface area contributed by atoms with Crippen LogP contribution < -0.4 is 5.32 Å². The summed E-state index contributed by atoms with van der Waals surface area (Å²) in [5.74, 6) is -0.109. The Balaban J connectivity index is 4.66. The normalized spacial score (nSPS) is 12.8. The van der Waals surface area contributed by atoms with Gasteiger partial charge >= 0.3 is 0 Å². The van der Waals surface area contributed by atoms with Crippen molar-refractivity contribution < 1.29 is 9.59 Å². The largest absolute Gasteiger partial charge is 0.344 e. The molecule has 0 aliphatic rings. The Morgan fingerprint density at radius 1 is 1.00 bits per heavy atom. The Labute approximate surface area is 92.6 Å². The molecule has 88 valence electrons. The van der Waals surface area contributed by atoms with Crippen molar-refractivity contribution in [2.75, 3.05) is 0 Å². The van der Waals surface area contributed by atoms with E-state index in [9.17, 15) is 9.59 Å². The Morgan fingerprint density at radius 3 is 1.67 bits per heavy atom. The first-order chi connectivity index (χ1) is 6.48. The van der Waals surface area contributed by atoms with E-state index in [2.05, 4.69) is 5.32 Å². The molecule has 0 heterocycles. The van der Waals surface area contributed by atoms with Gasteiger partial charge in [0.05, 0.1) is 5.54 Å². The molecule has 0 radical (unpaired) electrons. The molecule has 0 spiro atoms. The van der Waals surface area contributed by atoms with Gasteiger partial charge in [-0.15, -0.1) is 0 Å². The summed E-state index contributed by atoms with van der Waals surface area (Å²) in [4.78, 5) is 23.6. The van der Waals surface area contributed by atoms with Gasteiger partial charge in [0.1, 0.15) is 0 Å². The summed E-state index contributed by atoms with van der Waals surface area (Å²) in [7, 11) is 0. The number of nitrogens with one attached hydrogen (secondary N) is 1. The molecule has 0 fully saturated rings. The molecule has 0 rings (SSSR count). The monoisotopic (exact) mass is 213 g/mol. The second-order valence-electron chi connectivity index (χ2n) is 5.85. The highest BCUT2D eigenvalue weighted by Crippen LogP contribution is 2.17. The van der Waals surface area contributed by atoms with Crippen molar-refractivity contribution >= 4 is 11.7 Å². The van der Waals surface area contributed by atoms with E-state index in [0.29, 0.717) is 0 Å².